The molecule has 0 bridgehead atoms. The number of rotatable bonds is 3. The zero-order valence-electron chi connectivity index (χ0n) is 10.1. The van der Waals surface area contributed by atoms with Crippen molar-refractivity contribution in [3.05, 3.63) is 41.8 Å². The van der Waals surface area contributed by atoms with E-state index in [0.29, 0.717) is 10.9 Å². The van der Waals surface area contributed by atoms with Gasteiger partial charge in [-0.05, 0) is 31.2 Å². The highest BCUT2D eigenvalue weighted by Gasteiger charge is 2.16. The van der Waals surface area contributed by atoms with E-state index in [4.69, 9.17) is 5.11 Å². The fourth-order valence-corrected chi connectivity index (χ4v) is 1.56. The van der Waals surface area contributed by atoms with Gasteiger partial charge in [0.2, 0.25) is 0 Å². The predicted octanol–water partition coefficient (Wildman–Crippen LogP) is 1.58. The van der Waals surface area contributed by atoms with Gasteiger partial charge in [-0.1, -0.05) is 6.07 Å². The lowest BCUT2D eigenvalue weighted by atomic mass is 10.2. The number of aliphatic carboxylic acids is 1. The Balaban J connectivity index is 2.28. The molecule has 0 saturated heterocycles. The molecule has 1 atom stereocenters. The van der Waals surface area contributed by atoms with Gasteiger partial charge in [0, 0.05) is 5.39 Å². The average molecular weight is 262 g/mol. The van der Waals surface area contributed by atoms with E-state index < -0.39 is 17.9 Å². The van der Waals surface area contributed by atoms with Crippen LogP contribution in [0, 0.1) is 5.82 Å². The van der Waals surface area contributed by atoms with Gasteiger partial charge in [-0.3, -0.25) is 9.59 Å². The van der Waals surface area contributed by atoms with Crippen LogP contribution >= 0.6 is 0 Å². The van der Waals surface area contributed by atoms with Crippen molar-refractivity contribution in [2.75, 3.05) is 0 Å². The zero-order chi connectivity index (χ0) is 14.0. The first-order valence-corrected chi connectivity index (χ1v) is 5.57. The van der Waals surface area contributed by atoms with Crippen molar-refractivity contribution in [1.29, 1.82) is 0 Å². The van der Waals surface area contributed by atoms with Gasteiger partial charge in [0.15, 0.2) is 0 Å². The molecule has 1 aromatic heterocycles. The Morgan fingerprint density at radius 1 is 1.32 bits per heavy atom. The smallest absolute Gasteiger partial charge is 0.325 e. The van der Waals surface area contributed by atoms with E-state index in [1.807, 2.05) is 0 Å². The van der Waals surface area contributed by atoms with Crippen molar-refractivity contribution in [2.24, 2.45) is 0 Å². The molecule has 1 amide bonds. The van der Waals surface area contributed by atoms with Gasteiger partial charge in [0.25, 0.3) is 5.91 Å². The second kappa shape index (κ2) is 5.01. The Kier molecular flexibility index (Phi) is 3.41. The van der Waals surface area contributed by atoms with E-state index in [0.717, 1.165) is 0 Å². The highest BCUT2D eigenvalue weighted by atomic mass is 19.1. The number of carboxylic acids is 1. The third kappa shape index (κ3) is 2.85. The summed E-state index contributed by atoms with van der Waals surface area (Å²) in [6, 6.07) is 6.00. The van der Waals surface area contributed by atoms with Gasteiger partial charge in [-0.15, -0.1) is 0 Å². The predicted molar refractivity (Wildman–Crippen MR) is 66.3 cm³/mol. The number of carboxylic acid groups (broad SMARTS) is 1. The Hall–Kier alpha value is -2.50. The van der Waals surface area contributed by atoms with E-state index >= 15 is 0 Å². The summed E-state index contributed by atoms with van der Waals surface area (Å²) in [5.41, 5.74) is 0.559. The number of pyridine rings is 1. The molecule has 1 aromatic carbocycles. The van der Waals surface area contributed by atoms with Crippen LogP contribution in [-0.4, -0.2) is 28.0 Å². The molecule has 19 heavy (non-hydrogen) atoms. The van der Waals surface area contributed by atoms with Crippen LogP contribution in [0.4, 0.5) is 4.39 Å². The van der Waals surface area contributed by atoms with Gasteiger partial charge in [-0.25, -0.2) is 9.37 Å². The molecule has 0 aliphatic rings. The van der Waals surface area contributed by atoms with Crippen molar-refractivity contribution in [1.82, 2.24) is 10.3 Å². The summed E-state index contributed by atoms with van der Waals surface area (Å²) in [4.78, 5) is 26.5. The first-order valence-electron chi connectivity index (χ1n) is 5.57. The maximum absolute atomic E-state index is 13.0. The lowest BCUT2D eigenvalue weighted by Gasteiger charge is -2.09. The molecule has 0 fully saturated rings. The minimum absolute atomic E-state index is 0.0900. The fraction of sp³-hybridized carbons (Fsp3) is 0.154. The average Bonchev–Trinajstić information content (AvgIpc) is 2.37. The quantitative estimate of drug-likeness (QED) is 0.880. The van der Waals surface area contributed by atoms with E-state index in [2.05, 4.69) is 10.3 Å². The number of benzene rings is 1. The Morgan fingerprint density at radius 2 is 2.05 bits per heavy atom. The lowest BCUT2D eigenvalue weighted by Crippen LogP contribution is -2.38. The number of nitrogens with one attached hydrogen (secondary N) is 1. The minimum atomic E-state index is -1.13. The number of hydrogen-bond acceptors (Lipinski definition) is 3. The molecule has 0 unspecified atom stereocenters. The number of halogens is 1. The summed E-state index contributed by atoms with van der Waals surface area (Å²) in [6.45, 7) is 1.36. The summed E-state index contributed by atoms with van der Waals surface area (Å²) < 4.78 is 13.0. The van der Waals surface area contributed by atoms with Crippen molar-refractivity contribution >= 4 is 22.8 Å². The summed E-state index contributed by atoms with van der Waals surface area (Å²) in [5.74, 6) is -2.09. The summed E-state index contributed by atoms with van der Waals surface area (Å²) in [7, 11) is 0. The van der Waals surface area contributed by atoms with Crippen molar-refractivity contribution in [3.63, 3.8) is 0 Å². The van der Waals surface area contributed by atoms with Crippen LogP contribution in [0.1, 0.15) is 17.4 Å². The normalized spacial score (nSPS) is 12.1. The number of hydrogen-bond donors (Lipinski definition) is 2. The lowest BCUT2D eigenvalue weighted by molar-refractivity contribution is -0.138. The second-order valence-electron chi connectivity index (χ2n) is 4.07. The fourth-order valence-electron chi connectivity index (χ4n) is 1.56. The van der Waals surface area contributed by atoms with Crippen LogP contribution in [-0.2, 0) is 4.79 Å². The molecule has 0 aliphatic heterocycles. The molecule has 2 N–H and O–H groups in total. The molecule has 6 heteroatoms. The topological polar surface area (TPSA) is 79.3 Å². The van der Waals surface area contributed by atoms with E-state index in [1.54, 1.807) is 6.07 Å². The van der Waals surface area contributed by atoms with E-state index in [-0.39, 0.29) is 11.5 Å². The van der Waals surface area contributed by atoms with Crippen molar-refractivity contribution in [2.45, 2.75) is 13.0 Å². The van der Waals surface area contributed by atoms with Crippen LogP contribution in [0.5, 0.6) is 0 Å². The molecular weight excluding hydrogens is 251 g/mol. The third-order valence-corrected chi connectivity index (χ3v) is 2.60. The van der Waals surface area contributed by atoms with Crippen molar-refractivity contribution in [3.8, 4) is 0 Å². The number of amides is 1. The second-order valence-corrected chi connectivity index (χ2v) is 4.07. The SMILES string of the molecule is C[C@H](NC(=O)c1ccc2cc(F)ccc2n1)C(=O)O. The molecule has 5 nitrogen and oxygen atoms in total. The monoisotopic (exact) mass is 262 g/mol. The molecule has 2 rings (SSSR count). The molecule has 98 valence electrons. The van der Waals surface area contributed by atoms with Crippen LogP contribution in [0.15, 0.2) is 30.3 Å². The molecule has 1 heterocycles. The highest BCUT2D eigenvalue weighted by Crippen LogP contribution is 2.14. The molecule has 0 radical (unpaired) electrons. The summed E-state index contributed by atoms with van der Waals surface area (Å²) in [5, 5.41) is 11.6. The van der Waals surface area contributed by atoms with Gasteiger partial charge in [-0.2, -0.15) is 0 Å². The van der Waals surface area contributed by atoms with Crippen LogP contribution in [0.25, 0.3) is 10.9 Å². The summed E-state index contributed by atoms with van der Waals surface area (Å²) in [6.07, 6.45) is 0. The molecule has 0 saturated carbocycles. The van der Waals surface area contributed by atoms with E-state index in [1.165, 1.54) is 31.2 Å². The maximum Gasteiger partial charge on any atom is 0.325 e. The molecule has 0 spiro atoms. The van der Waals surface area contributed by atoms with E-state index in [9.17, 15) is 14.0 Å². The number of fused-ring (bicyclic) bond motifs is 1. The highest BCUT2D eigenvalue weighted by molar-refractivity contribution is 5.96. The van der Waals surface area contributed by atoms with Gasteiger partial charge in [0.05, 0.1) is 5.52 Å². The Labute approximate surface area is 108 Å². The van der Waals surface area contributed by atoms with Gasteiger partial charge < -0.3 is 10.4 Å². The number of nitrogens with zero attached hydrogens (tertiary/aromatic N) is 1. The molecule has 0 aliphatic carbocycles. The standard InChI is InChI=1S/C13H11FN2O3/c1-7(13(18)19)15-12(17)11-4-2-8-6-9(14)3-5-10(8)16-11/h2-7H,1H3,(H,15,17)(H,18,19)/t7-/m0/s1. The summed E-state index contributed by atoms with van der Waals surface area (Å²) >= 11 is 0. The van der Waals surface area contributed by atoms with Gasteiger partial charge >= 0.3 is 5.97 Å². The molecular formula is C13H11FN2O3. The first kappa shape index (κ1) is 12.9. The van der Waals surface area contributed by atoms with Crippen LogP contribution in [0.3, 0.4) is 0 Å². The Bertz CT molecular complexity index is 657. The number of carbonyl (C=O) groups is 2. The first-order chi connectivity index (χ1) is 8.97. The zero-order valence-corrected chi connectivity index (χ0v) is 10.1. The molecule has 2 aromatic rings. The third-order valence-electron chi connectivity index (χ3n) is 2.60. The number of carbonyl (C=O) groups excluding carboxylic acids is 1. The number of aromatic nitrogens is 1. The van der Waals surface area contributed by atoms with Crippen LogP contribution < -0.4 is 5.32 Å². The Morgan fingerprint density at radius 3 is 2.74 bits per heavy atom. The van der Waals surface area contributed by atoms with Crippen LogP contribution in [0.2, 0.25) is 0 Å². The largest absolute Gasteiger partial charge is 0.480 e. The van der Waals surface area contributed by atoms with Gasteiger partial charge in [0.1, 0.15) is 17.6 Å². The van der Waals surface area contributed by atoms with Crippen molar-refractivity contribution < 1.29 is 19.1 Å². The minimum Gasteiger partial charge on any atom is -0.480 e. The maximum atomic E-state index is 13.0.